The molecule has 1 aliphatic carbocycles. The maximum absolute atomic E-state index is 14.0. The number of urea groups is 1. The van der Waals surface area contributed by atoms with Gasteiger partial charge in [-0.05, 0) is 74.2 Å². The van der Waals surface area contributed by atoms with Crippen molar-refractivity contribution in [2.45, 2.75) is 37.5 Å². The molecule has 2 amide bonds. The highest BCUT2D eigenvalue weighted by Crippen LogP contribution is 2.59. The Labute approximate surface area is 192 Å². The summed E-state index contributed by atoms with van der Waals surface area (Å²) < 4.78 is 0. The first-order chi connectivity index (χ1) is 15.4. The zero-order valence-electron chi connectivity index (χ0n) is 17.6. The van der Waals surface area contributed by atoms with E-state index < -0.39 is 11.3 Å². The molecule has 3 aromatic rings. The molecule has 2 fully saturated rings. The van der Waals surface area contributed by atoms with E-state index in [1.165, 1.54) is 4.90 Å². The van der Waals surface area contributed by atoms with Gasteiger partial charge in [-0.3, -0.25) is 9.80 Å². The number of carbonyl (C=O) groups excluding carboxylic acids is 1. The van der Waals surface area contributed by atoms with Crippen LogP contribution in [0.2, 0.25) is 5.02 Å². The summed E-state index contributed by atoms with van der Waals surface area (Å²) in [5.74, 6) is 0. The van der Waals surface area contributed by atoms with Crippen molar-refractivity contribution >= 4 is 34.7 Å². The molecule has 0 aromatic heterocycles. The van der Waals surface area contributed by atoms with E-state index in [0.717, 1.165) is 17.7 Å². The number of hydrogen-bond acceptors (Lipinski definition) is 2. The van der Waals surface area contributed by atoms with Gasteiger partial charge in [-0.15, -0.1) is 0 Å². The molecule has 6 heteroatoms. The Morgan fingerprint density at radius 1 is 0.969 bits per heavy atom. The summed E-state index contributed by atoms with van der Waals surface area (Å²) in [5.41, 5.74) is 0.845. The minimum absolute atomic E-state index is 0.299. The number of rotatable bonds is 3. The van der Waals surface area contributed by atoms with E-state index in [2.05, 4.69) is 4.85 Å². The van der Waals surface area contributed by atoms with Crippen molar-refractivity contribution < 1.29 is 9.90 Å². The fraction of sp³-hybridized carbons (Fsp3) is 0.231. The molecule has 1 saturated carbocycles. The zero-order chi connectivity index (χ0) is 22.5. The van der Waals surface area contributed by atoms with Gasteiger partial charge in [0.1, 0.15) is 5.54 Å². The van der Waals surface area contributed by atoms with Crippen LogP contribution in [0.3, 0.4) is 0 Å². The Morgan fingerprint density at radius 3 is 2.19 bits per heavy atom. The molecule has 5 nitrogen and oxygen atoms in total. The largest absolute Gasteiger partial charge is 0.365 e. The minimum atomic E-state index is -1.65. The Bertz CT molecular complexity index is 1230. The summed E-state index contributed by atoms with van der Waals surface area (Å²) in [4.78, 5) is 20.8. The van der Waals surface area contributed by atoms with Crippen molar-refractivity contribution in [2.75, 3.05) is 9.80 Å². The highest BCUT2D eigenvalue weighted by Gasteiger charge is 2.70. The van der Waals surface area contributed by atoms with Crippen molar-refractivity contribution in [3.8, 4) is 0 Å². The first kappa shape index (κ1) is 20.6. The van der Waals surface area contributed by atoms with Crippen molar-refractivity contribution in [1.82, 2.24) is 0 Å². The van der Waals surface area contributed by atoms with Gasteiger partial charge < -0.3 is 5.11 Å². The molecular weight excluding hydrogens is 422 g/mol. The number of halogens is 1. The van der Waals surface area contributed by atoms with Gasteiger partial charge in [0.25, 0.3) is 0 Å². The van der Waals surface area contributed by atoms with Crippen molar-refractivity contribution in [1.29, 1.82) is 0 Å². The Morgan fingerprint density at radius 2 is 1.59 bits per heavy atom. The van der Waals surface area contributed by atoms with Gasteiger partial charge in [0.2, 0.25) is 0 Å². The van der Waals surface area contributed by atoms with Crippen LogP contribution < -0.4 is 9.80 Å². The third-order valence-corrected chi connectivity index (χ3v) is 6.97. The molecular formula is C26H22ClN3O2. The summed E-state index contributed by atoms with van der Waals surface area (Å²) in [5, 5.41) is 13.1. The van der Waals surface area contributed by atoms with E-state index in [4.69, 9.17) is 18.2 Å². The molecule has 2 aliphatic rings. The lowest BCUT2D eigenvalue weighted by Crippen LogP contribution is -2.63. The standard InChI is InChI=1S/C26H22ClN3O2/c1-18-7-11-22(12-8-18)29-24(31)30(23-13-9-20(27)10-14-23)26(32,25(29)15-4-16-25)19-5-3-6-21(17-19)28-2/h3,5-14,17,32H,4,15-16H2,1H3. The van der Waals surface area contributed by atoms with Gasteiger partial charge in [0.15, 0.2) is 11.4 Å². The van der Waals surface area contributed by atoms with Gasteiger partial charge in [-0.1, -0.05) is 47.5 Å². The van der Waals surface area contributed by atoms with Crippen LogP contribution in [-0.2, 0) is 5.72 Å². The number of hydrogen-bond donors (Lipinski definition) is 1. The normalized spacial score (nSPS) is 21.5. The van der Waals surface area contributed by atoms with E-state index in [9.17, 15) is 9.90 Å². The number of nitrogens with zero attached hydrogens (tertiary/aromatic N) is 3. The molecule has 1 N–H and O–H groups in total. The number of aryl methyl sites for hydroxylation is 1. The molecule has 1 atom stereocenters. The average molecular weight is 444 g/mol. The van der Waals surface area contributed by atoms with Gasteiger partial charge in [0, 0.05) is 16.4 Å². The lowest BCUT2D eigenvalue weighted by molar-refractivity contribution is -0.0524. The molecule has 1 unspecified atom stereocenters. The van der Waals surface area contributed by atoms with Crippen LogP contribution in [0.25, 0.3) is 4.85 Å². The maximum Gasteiger partial charge on any atom is 0.332 e. The molecule has 0 bridgehead atoms. The summed E-state index contributed by atoms with van der Waals surface area (Å²) in [6.07, 6.45) is 2.19. The number of aliphatic hydroxyl groups is 1. The van der Waals surface area contributed by atoms with Gasteiger partial charge in [0.05, 0.1) is 6.57 Å². The fourth-order valence-corrected chi connectivity index (χ4v) is 5.12. The summed E-state index contributed by atoms with van der Waals surface area (Å²) >= 11 is 6.11. The summed E-state index contributed by atoms with van der Waals surface area (Å²) in [6, 6.07) is 21.3. The number of carbonyl (C=O) groups is 1. The smallest absolute Gasteiger partial charge is 0.332 e. The Kier molecular flexibility index (Phi) is 4.74. The highest BCUT2D eigenvalue weighted by molar-refractivity contribution is 6.30. The number of benzene rings is 3. The van der Waals surface area contributed by atoms with Crippen LogP contribution in [0.1, 0.15) is 30.4 Å². The quantitative estimate of drug-likeness (QED) is 0.475. The second kappa shape index (κ2) is 7.37. The van der Waals surface area contributed by atoms with Gasteiger partial charge >= 0.3 is 6.03 Å². The van der Waals surface area contributed by atoms with E-state index >= 15 is 0 Å². The topological polar surface area (TPSA) is 48.1 Å². The summed E-state index contributed by atoms with van der Waals surface area (Å²) in [7, 11) is 0. The summed E-state index contributed by atoms with van der Waals surface area (Å²) in [6.45, 7) is 9.44. The van der Waals surface area contributed by atoms with E-state index in [0.29, 0.717) is 34.8 Å². The second-order valence-electron chi connectivity index (χ2n) is 8.48. The SMILES string of the molecule is [C-]#[N+]c1cccc(C2(O)N(c3ccc(Cl)cc3)C(=O)N(c3ccc(C)cc3)C23CCC3)c1. The van der Waals surface area contributed by atoms with Crippen LogP contribution in [0.4, 0.5) is 21.9 Å². The van der Waals surface area contributed by atoms with Crippen molar-refractivity contribution in [3.05, 3.63) is 100 Å². The fourth-order valence-electron chi connectivity index (χ4n) is 5.00. The minimum Gasteiger partial charge on any atom is -0.365 e. The molecule has 5 rings (SSSR count). The van der Waals surface area contributed by atoms with Crippen LogP contribution >= 0.6 is 11.6 Å². The first-order valence-electron chi connectivity index (χ1n) is 10.6. The van der Waals surface area contributed by atoms with Crippen molar-refractivity contribution in [3.63, 3.8) is 0 Å². The van der Waals surface area contributed by atoms with E-state index in [1.54, 1.807) is 53.4 Å². The highest BCUT2D eigenvalue weighted by atomic mass is 35.5. The molecule has 1 saturated heterocycles. The number of amides is 2. The zero-order valence-corrected chi connectivity index (χ0v) is 18.4. The number of anilines is 2. The van der Waals surface area contributed by atoms with Crippen LogP contribution in [-0.4, -0.2) is 16.7 Å². The average Bonchev–Trinajstić information content (AvgIpc) is 3.00. The molecule has 1 spiro atoms. The first-order valence-corrected chi connectivity index (χ1v) is 11.0. The molecule has 0 radical (unpaired) electrons. The Balaban J connectivity index is 1.77. The predicted molar refractivity (Wildman–Crippen MR) is 126 cm³/mol. The lowest BCUT2D eigenvalue weighted by atomic mass is 9.66. The monoisotopic (exact) mass is 443 g/mol. The molecule has 1 aliphatic heterocycles. The Hall–Kier alpha value is -3.33. The third-order valence-electron chi connectivity index (χ3n) is 6.72. The van der Waals surface area contributed by atoms with Gasteiger partial charge in [-0.25, -0.2) is 9.64 Å². The third kappa shape index (κ3) is 2.77. The predicted octanol–water partition coefficient (Wildman–Crippen LogP) is 6.41. The second-order valence-corrected chi connectivity index (χ2v) is 8.92. The lowest BCUT2D eigenvalue weighted by Gasteiger charge is -2.52. The van der Waals surface area contributed by atoms with Crippen molar-refractivity contribution in [2.24, 2.45) is 0 Å². The molecule has 160 valence electrons. The molecule has 32 heavy (non-hydrogen) atoms. The molecule has 3 aromatic carbocycles. The maximum atomic E-state index is 14.0. The van der Waals surface area contributed by atoms with Crippen LogP contribution in [0.15, 0.2) is 72.8 Å². The van der Waals surface area contributed by atoms with Crippen LogP contribution in [0, 0.1) is 13.5 Å². The van der Waals surface area contributed by atoms with E-state index in [1.807, 2.05) is 31.2 Å². The van der Waals surface area contributed by atoms with E-state index in [-0.39, 0.29) is 6.03 Å². The van der Waals surface area contributed by atoms with Gasteiger partial charge in [-0.2, -0.15) is 0 Å². The molecule has 1 heterocycles. The van der Waals surface area contributed by atoms with Crippen LogP contribution in [0.5, 0.6) is 0 Å².